The number of aliphatic hydroxyl groups excluding tert-OH is 2. The van der Waals surface area contributed by atoms with Gasteiger partial charge >= 0.3 is 5.97 Å². The van der Waals surface area contributed by atoms with Crippen LogP contribution in [-0.2, 0) is 14.3 Å². The van der Waals surface area contributed by atoms with E-state index in [-0.39, 0.29) is 6.10 Å². The highest BCUT2D eigenvalue weighted by molar-refractivity contribution is 5.78. The Labute approximate surface area is 68.9 Å². The molecule has 0 aromatic carbocycles. The van der Waals surface area contributed by atoms with Crippen molar-refractivity contribution in [3.63, 3.8) is 0 Å². The fourth-order valence-corrected chi connectivity index (χ4v) is 1.60. The number of rotatable bonds is 0. The molecular formula is C7H10O5. The van der Waals surface area contributed by atoms with Gasteiger partial charge in [0.1, 0.15) is 12.2 Å². The molecule has 2 rings (SSSR count). The second kappa shape index (κ2) is 2.42. The lowest BCUT2D eigenvalue weighted by molar-refractivity contribution is -0.152. The molecule has 2 heterocycles. The molecule has 2 N–H and O–H groups in total. The average Bonchev–Trinajstić information content (AvgIpc) is 2.43. The molecule has 0 amide bonds. The summed E-state index contributed by atoms with van der Waals surface area (Å²) in [5.74, 6) is -0.712. The zero-order valence-corrected chi connectivity index (χ0v) is 6.51. The summed E-state index contributed by atoms with van der Waals surface area (Å²) in [5.41, 5.74) is 0. The molecule has 12 heavy (non-hydrogen) atoms. The van der Waals surface area contributed by atoms with Crippen molar-refractivity contribution in [1.29, 1.82) is 0 Å². The van der Waals surface area contributed by atoms with Gasteiger partial charge in [-0.1, -0.05) is 0 Å². The topological polar surface area (TPSA) is 76.0 Å². The molecule has 2 fully saturated rings. The minimum Gasteiger partial charge on any atom is -0.455 e. The Morgan fingerprint density at radius 3 is 2.58 bits per heavy atom. The molecule has 0 aromatic heterocycles. The van der Waals surface area contributed by atoms with Crippen LogP contribution < -0.4 is 0 Å². The number of fused-ring (bicyclic) bond motifs is 1. The Kier molecular flexibility index (Phi) is 1.61. The Morgan fingerprint density at radius 1 is 1.33 bits per heavy atom. The van der Waals surface area contributed by atoms with Gasteiger partial charge in [0.15, 0.2) is 12.2 Å². The standard InChI is InChI=1S/C7H10O5/c1-2-3(8)5-6(11-2)4(9)7(10)12-5/h2-6,8-9H,1H3/t2?,3?,4-,5+,6+/m0/s1. The van der Waals surface area contributed by atoms with Gasteiger partial charge in [0.05, 0.1) is 6.10 Å². The predicted octanol–water partition coefficient (Wildman–Crippen LogP) is -1.58. The second-order valence-corrected chi connectivity index (χ2v) is 3.14. The summed E-state index contributed by atoms with van der Waals surface area (Å²) < 4.78 is 9.85. The van der Waals surface area contributed by atoms with E-state index < -0.39 is 30.4 Å². The SMILES string of the molecule is CC1O[C@@H]2[C@H](O)C(=O)O[C@@H]2C1O. The van der Waals surface area contributed by atoms with Gasteiger partial charge in [-0.15, -0.1) is 0 Å². The van der Waals surface area contributed by atoms with Crippen LogP contribution in [0.2, 0.25) is 0 Å². The minimum absolute atomic E-state index is 0.386. The third kappa shape index (κ3) is 0.872. The van der Waals surface area contributed by atoms with Crippen LogP contribution in [-0.4, -0.2) is 46.7 Å². The molecule has 2 unspecified atom stereocenters. The van der Waals surface area contributed by atoms with Crippen molar-refractivity contribution in [2.75, 3.05) is 0 Å². The maximum absolute atomic E-state index is 10.8. The van der Waals surface area contributed by atoms with Gasteiger partial charge in [0.2, 0.25) is 0 Å². The number of carbonyl (C=O) groups excluding carboxylic acids is 1. The van der Waals surface area contributed by atoms with Gasteiger partial charge in [-0.25, -0.2) is 4.79 Å². The maximum atomic E-state index is 10.8. The van der Waals surface area contributed by atoms with Crippen LogP contribution in [0, 0.1) is 0 Å². The van der Waals surface area contributed by atoms with Crippen molar-refractivity contribution < 1.29 is 24.5 Å². The summed E-state index contributed by atoms with van der Waals surface area (Å²) in [7, 11) is 0. The van der Waals surface area contributed by atoms with Crippen LogP contribution in [0.4, 0.5) is 0 Å². The summed E-state index contributed by atoms with van der Waals surface area (Å²) in [6.07, 6.45) is -3.83. The largest absolute Gasteiger partial charge is 0.455 e. The third-order valence-corrected chi connectivity index (χ3v) is 2.32. The highest BCUT2D eigenvalue weighted by Gasteiger charge is 2.55. The molecular weight excluding hydrogens is 164 g/mol. The highest BCUT2D eigenvalue weighted by atomic mass is 16.6. The van der Waals surface area contributed by atoms with E-state index in [0.717, 1.165) is 0 Å². The first-order chi connectivity index (χ1) is 5.61. The number of hydrogen-bond donors (Lipinski definition) is 2. The van der Waals surface area contributed by atoms with Gasteiger partial charge in [-0.2, -0.15) is 0 Å². The molecule has 0 spiro atoms. The molecule has 0 saturated carbocycles. The van der Waals surface area contributed by atoms with Crippen LogP contribution in [0.3, 0.4) is 0 Å². The van der Waals surface area contributed by atoms with Crippen LogP contribution >= 0.6 is 0 Å². The van der Waals surface area contributed by atoms with Crippen molar-refractivity contribution >= 4 is 5.97 Å². The Morgan fingerprint density at radius 2 is 2.00 bits per heavy atom. The van der Waals surface area contributed by atoms with E-state index in [0.29, 0.717) is 0 Å². The molecule has 0 bridgehead atoms. The number of esters is 1. The molecule has 2 aliphatic rings. The number of hydrogen-bond acceptors (Lipinski definition) is 5. The summed E-state index contributed by atoms with van der Waals surface area (Å²) in [4.78, 5) is 10.8. The van der Waals surface area contributed by atoms with Gasteiger partial charge in [-0.05, 0) is 6.92 Å². The number of aliphatic hydroxyl groups is 2. The zero-order valence-electron chi connectivity index (χ0n) is 6.51. The van der Waals surface area contributed by atoms with Gasteiger partial charge in [0.25, 0.3) is 0 Å². The predicted molar refractivity (Wildman–Crippen MR) is 36.2 cm³/mol. The van der Waals surface area contributed by atoms with Crippen LogP contribution in [0.15, 0.2) is 0 Å². The summed E-state index contributed by atoms with van der Waals surface area (Å²) in [6.45, 7) is 1.67. The maximum Gasteiger partial charge on any atom is 0.338 e. The zero-order chi connectivity index (χ0) is 8.88. The van der Waals surface area contributed by atoms with Gasteiger partial charge in [0, 0.05) is 0 Å². The van der Waals surface area contributed by atoms with Gasteiger partial charge in [-0.3, -0.25) is 0 Å². The molecule has 0 aromatic rings. The lowest BCUT2D eigenvalue weighted by atomic mass is 10.1. The Balaban J connectivity index is 2.19. The van der Waals surface area contributed by atoms with E-state index in [2.05, 4.69) is 0 Å². The third-order valence-electron chi connectivity index (χ3n) is 2.32. The summed E-state index contributed by atoms with van der Waals surface area (Å²) in [6, 6.07) is 0. The highest BCUT2D eigenvalue weighted by Crippen LogP contribution is 2.31. The summed E-state index contributed by atoms with van der Waals surface area (Å²) in [5, 5.41) is 18.6. The van der Waals surface area contributed by atoms with Crippen molar-refractivity contribution in [3.8, 4) is 0 Å². The van der Waals surface area contributed by atoms with Crippen molar-refractivity contribution in [2.45, 2.75) is 37.4 Å². The average molecular weight is 174 g/mol. The van der Waals surface area contributed by atoms with Crippen molar-refractivity contribution in [2.24, 2.45) is 0 Å². The molecule has 68 valence electrons. The lowest BCUT2D eigenvalue weighted by Crippen LogP contribution is -2.31. The molecule has 5 nitrogen and oxygen atoms in total. The van der Waals surface area contributed by atoms with Crippen molar-refractivity contribution in [1.82, 2.24) is 0 Å². The monoisotopic (exact) mass is 174 g/mol. The minimum atomic E-state index is -1.24. The van der Waals surface area contributed by atoms with Crippen LogP contribution in [0.25, 0.3) is 0 Å². The van der Waals surface area contributed by atoms with Gasteiger partial charge < -0.3 is 19.7 Å². The fraction of sp³-hybridized carbons (Fsp3) is 0.857. The van der Waals surface area contributed by atoms with E-state index in [1.54, 1.807) is 6.92 Å². The first-order valence-corrected chi connectivity index (χ1v) is 3.83. The Hall–Kier alpha value is -0.650. The van der Waals surface area contributed by atoms with Crippen LogP contribution in [0.1, 0.15) is 6.92 Å². The molecule has 0 aliphatic carbocycles. The molecule has 2 aliphatic heterocycles. The summed E-state index contributed by atoms with van der Waals surface area (Å²) >= 11 is 0. The quantitative estimate of drug-likeness (QED) is 0.433. The van der Waals surface area contributed by atoms with E-state index in [1.165, 1.54) is 0 Å². The molecule has 5 atom stereocenters. The van der Waals surface area contributed by atoms with E-state index in [1.807, 2.05) is 0 Å². The molecule has 0 radical (unpaired) electrons. The van der Waals surface area contributed by atoms with E-state index in [4.69, 9.17) is 9.47 Å². The molecule has 5 heteroatoms. The second-order valence-electron chi connectivity index (χ2n) is 3.14. The first-order valence-electron chi connectivity index (χ1n) is 3.83. The van der Waals surface area contributed by atoms with Crippen LogP contribution in [0.5, 0.6) is 0 Å². The lowest BCUT2D eigenvalue weighted by Gasteiger charge is -2.11. The fourth-order valence-electron chi connectivity index (χ4n) is 1.60. The first kappa shape index (κ1) is 7.97. The smallest absolute Gasteiger partial charge is 0.338 e. The number of carbonyl (C=O) groups is 1. The van der Waals surface area contributed by atoms with E-state index in [9.17, 15) is 15.0 Å². The number of ether oxygens (including phenoxy) is 2. The molecule has 2 saturated heterocycles. The van der Waals surface area contributed by atoms with E-state index >= 15 is 0 Å². The van der Waals surface area contributed by atoms with Crippen molar-refractivity contribution in [3.05, 3.63) is 0 Å². The normalized spacial score (nSPS) is 52.2. The Bertz CT molecular complexity index is 216.